The first-order valence-corrected chi connectivity index (χ1v) is 7.83. The standard InChI is InChI=1S/C15H19N3O2S/c1-10-16-17-15(21-10)18-8-4-5-13(18)12-7-6-11(19-2)9-14(12)20-3/h6-7,9,13H,4-5,8H2,1-3H3/t13-/m1/s1. The zero-order valence-electron chi connectivity index (χ0n) is 12.5. The van der Waals surface area contributed by atoms with Crippen LogP contribution in [0.2, 0.25) is 0 Å². The third-order valence-corrected chi connectivity index (χ3v) is 4.69. The van der Waals surface area contributed by atoms with Gasteiger partial charge in [0.1, 0.15) is 16.5 Å². The molecule has 0 spiro atoms. The van der Waals surface area contributed by atoms with Crippen LogP contribution in [0.4, 0.5) is 5.13 Å². The molecule has 1 fully saturated rings. The number of hydrogen-bond donors (Lipinski definition) is 0. The van der Waals surface area contributed by atoms with Gasteiger partial charge in [-0.1, -0.05) is 11.3 Å². The van der Waals surface area contributed by atoms with Gasteiger partial charge in [-0.15, -0.1) is 10.2 Å². The molecule has 1 aromatic heterocycles. The molecule has 2 aromatic rings. The lowest BCUT2D eigenvalue weighted by molar-refractivity contribution is 0.388. The van der Waals surface area contributed by atoms with Crippen molar-refractivity contribution in [1.82, 2.24) is 10.2 Å². The molecule has 0 unspecified atom stereocenters. The molecule has 1 aliphatic heterocycles. The van der Waals surface area contributed by atoms with Crippen molar-refractivity contribution in [3.05, 3.63) is 28.8 Å². The van der Waals surface area contributed by atoms with Crippen molar-refractivity contribution in [3.8, 4) is 11.5 Å². The molecule has 1 aliphatic rings. The lowest BCUT2D eigenvalue weighted by atomic mass is 10.0. The van der Waals surface area contributed by atoms with Crippen molar-refractivity contribution < 1.29 is 9.47 Å². The summed E-state index contributed by atoms with van der Waals surface area (Å²) >= 11 is 1.64. The molecule has 1 aromatic carbocycles. The Morgan fingerprint density at radius 2 is 2.10 bits per heavy atom. The van der Waals surface area contributed by atoms with E-state index in [1.165, 1.54) is 5.56 Å². The molecule has 0 amide bonds. The van der Waals surface area contributed by atoms with Crippen LogP contribution in [0.3, 0.4) is 0 Å². The lowest BCUT2D eigenvalue weighted by Gasteiger charge is -2.25. The summed E-state index contributed by atoms with van der Waals surface area (Å²) in [6, 6.07) is 6.31. The zero-order valence-corrected chi connectivity index (χ0v) is 13.3. The molecule has 1 atom stereocenters. The van der Waals surface area contributed by atoms with Gasteiger partial charge in [-0.3, -0.25) is 0 Å². The monoisotopic (exact) mass is 305 g/mol. The van der Waals surface area contributed by atoms with Crippen LogP contribution in [0.1, 0.15) is 29.5 Å². The average molecular weight is 305 g/mol. The molecule has 21 heavy (non-hydrogen) atoms. The van der Waals surface area contributed by atoms with Crippen molar-refractivity contribution in [1.29, 1.82) is 0 Å². The Labute approximate surface area is 128 Å². The van der Waals surface area contributed by atoms with Crippen LogP contribution in [0.25, 0.3) is 0 Å². The Bertz CT molecular complexity index is 629. The molecule has 0 bridgehead atoms. The minimum absolute atomic E-state index is 0.290. The second kappa shape index (κ2) is 5.89. The number of benzene rings is 1. The fourth-order valence-electron chi connectivity index (χ4n) is 2.81. The Hall–Kier alpha value is -1.82. The molecule has 0 radical (unpaired) electrons. The molecule has 3 rings (SSSR count). The van der Waals surface area contributed by atoms with Crippen molar-refractivity contribution in [2.75, 3.05) is 25.7 Å². The van der Waals surface area contributed by atoms with Gasteiger partial charge in [0, 0.05) is 18.2 Å². The summed E-state index contributed by atoms with van der Waals surface area (Å²) in [6.07, 6.45) is 2.25. The van der Waals surface area contributed by atoms with E-state index in [1.54, 1.807) is 25.6 Å². The molecule has 5 nitrogen and oxygen atoms in total. The summed E-state index contributed by atoms with van der Waals surface area (Å²) in [5.41, 5.74) is 1.18. The quantitative estimate of drug-likeness (QED) is 0.868. The van der Waals surface area contributed by atoms with Gasteiger partial charge in [0.15, 0.2) is 0 Å². The molecule has 2 heterocycles. The molecular formula is C15H19N3O2S. The molecule has 6 heteroatoms. The van der Waals surface area contributed by atoms with Crippen molar-refractivity contribution in [3.63, 3.8) is 0 Å². The highest BCUT2D eigenvalue weighted by Crippen LogP contribution is 2.41. The Morgan fingerprint density at radius 1 is 1.24 bits per heavy atom. The summed E-state index contributed by atoms with van der Waals surface area (Å²) < 4.78 is 10.8. The van der Waals surface area contributed by atoms with Crippen LogP contribution in [0.5, 0.6) is 11.5 Å². The van der Waals surface area contributed by atoms with Crippen LogP contribution in [0.15, 0.2) is 18.2 Å². The minimum atomic E-state index is 0.290. The zero-order chi connectivity index (χ0) is 14.8. The summed E-state index contributed by atoms with van der Waals surface area (Å²) in [4.78, 5) is 2.33. The number of aromatic nitrogens is 2. The number of nitrogens with zero attached hydrogens (tertiary/aromatic N) is 3. The number of rotatable bonds is 4. The van der Waals surface area contributed by atoms with E-state index >= 15 is 0 Å². The Morgan fingerprint density at radius 3 is 2.76 bits per heavy atom. The van der Waals surface area contributed by atoms with Crippen LogP contribution in [-0.2, 0) is 0 Å². The van der Waals surface area contributed by atoms with Crippen LogP contribution in [-0.4, -0.2) is 31.0 Å². The molecule has 0 aliphatic carbocycles. The number of ether oxygens (including phenoxy) is 2. The van der Waals surface area contributed by atoms with Gasteiger partial charge in [-0.05, 0) is 31.9 Å². The summed E-state index contributed by atoms with van der Waals surface area (Å²) in [5, 5.41) is 10.4. The molecule has 1 saturated heterocycles. The number of anilines is 1. The molecular weight excluding hydrogens is 286 g/mol. The largest absolute Gasteiger partial charge is 0.497 e. The van der Waals surface area contributed by atoms with E-state index < -0.39 is 0 Å². The van der Waals surface area contributed by atoms with E-state index in [-0.39, 0.29) is 0 Å². The second-order valence-electron chi connectivity index (χ2n) is 5.06. The third-order valence-electron chi connectivity index (χ3n) is 3.81. The van der Waals surface area contributed by atoms with Crippen molar-refractivity contribution in [2.24, 2.45) is 0 Å². The average Bonchev–Trinajstić information content (AvgIpc) is 3.14. The number of hydrogen-bond acceptors (Lipinski definition) is 6. The van der Waals surface area contributed by atoms with E-state index in [2.05, 4.69) is 21.2 Å². The highest BCUT2D eigenvalue weighted by Gasteiger charge is 2.30. The van der Waals surface area contributed by atoms with Gasteiger partial charge in [0.25, 0.3) is 0 Å². The van der Waals surface area contributed by atoms with Gasteiger partial charge < -0.3 is 14.4 Å². The smallest absolute Gasteiger partial charge is 0.208 e. The first-order valence-electron chi connectivity index (χ1n) is 7.01. The van der Waals surface area contributed by atoms with Gasteiger partial charge >= 0.3 is 0 Å². The molecule has 0 saturated carbocycles. The first-order chi connectivity index (χ1) is 10.2. The highest BCUT2D eigenvalue weighted by atomic mass is 32.1. The minimum Gasteiger partial charge on any atom is -0.497 e. The van der Waals surface area contributed by atoms with Gasteiger partial charge in [-0.2, -0.15) is 0 Å². The predicted molar refractivity (Wildman–Crippen MR) is 83.5 cm³/mol. The molecule has 0 N–H and O–H groups in total. The van der Waals surface area contributed by atoms with Crippen molar-refractivity contribution in [2.45, 2.75) is 25.8 Å². The highest BCUT2D eigenvalue weighted by molar-refractivity contribution is 7.15. The molecule has 112 valence electrons. The predicted octanol–water partition coefficient (Wildman–Crippen LogP) is 3.21. The lowest BCUT2D eigenvalue weighted by Crippen LogP contribution is -2.22. The van der Waals surface area contributed by atoms with E-state index in [4.69, 9.17) is 9.47 Å². The third kappa shape index (κ3) is 2.68. The summed E-state index contributed by atoms with van der Waals surface area (Å²) in [5.74, 6) is 1.68. The van der Waals surface area contributed by atoms with E-state index in [0.29, 0.717) is 6.04 Å². The van der Waals surface area contributed by atoms with Crippen LogP contribution < -0.4 is 14.4 Å². The first kappa shape index (κ1) is 14.1. The SMILES string of the molecule is COc1ccc([C@H]2CCCN2c2nnc(C)s2)c(OC)c1. The van der Waals surface area contributed by atoms with Crippen LogP contribution >= 0.6 is 11.3 Å². The maximum Gasteiger partial charge on any atom is 0.208 e. The topological polar surface area (TPSA) is 47.5 Å². The Kier molecular flexibility index (Phi) is 3.96. The Balaban J connectivity index is 1.95. The van der Waals surface area contributed by atoms with Gasteiger partial charge in [0.2, 0.25) is 5.13 Å². The van der Waals surface area contributed by atoms with Gasteiger partial charge in [-0.25, -0.2) is 0 Å². The van der Waals surface area contributed by atoms with E-state index in [0.717, 1.165) is 41.0 Å². The second-order valence-corrected chi connectivity index (χ2v) is 6.22. The number of methoxy groups -OCH3 is 2. The van der Waals surface area contributed by atoms with Crippen LogP contribution in [0, 0.1) is 6.92 Å². The normalized spacial score (nSPS) is 18.0. The summed E-state index contributed by atoms with van der Waals surface area (Å²) in [6.45, 7) is 2.99. The van der Waals surface area contributed by atoms with E-state index in [1.807, 2.05) is 19.1 Å². The van der Waals surface area contributed by atoms with Crippen molar-refractivity contribution >= 4 is 16.5 Å². The maximum absolute atomic E-state index is 5.55. The summed E-state index contributed by atoms with van der Waals surface area (Å²) in [7, 11) is 3.37. The number of aryl methyl sites for hydroxylation is 1. The van der Waals surface area contributed by atoms with Gasteiger partial charge in [0.05, 0.1) is 20.3 Å². The maximum atomic E-state index is 5.55. The van der Waals surface area contributed by atoms with E-state index in [9.17, 15) is 0 Å². The fraction of sp³-hybridized carbons (Fsp3) is 0.467. The fourth-order valence-corrected chi connectivity index (χ4v) is 3.58.